The first-order valence-corrected chi connectivity index (χ1v) is 11.8. The Balaban J connectivity index is 1.62. The first-order chi connectivity index (χ1) is 16.6. The van der Waals surface area contributed by atoms with Gasteiger partial charge < -0.3 is 25.2 Å². The van der Waals surface area contributed by atoms with Gasteiger partial charge >= 0.3 is 0 Å². The number of benzene rings is 2. The van der Waals surface area contributed by atoms with Gasteiger partial charge in [-0.15, -0.1) is 0 Å². The molecule has 184 valence electrons. The quantitative estimate of drug-likeness (QED) is 0.453. The zero-order valence-electron chi connectivity index (χ0n) is 20.9. The number of carbonyl (C=O) groups is 1. The van der Waals surface area contributed by atoms with Crippen LogP contribution in [0, 0.1) is 0 Å². The van der Waals surface area contributed by atoms with Crippen LogP contribution >= 0.6 is 11.6 Å². The van der Waals surface area contributed by atoms with Crippen molar-refractivity contribution in [3.63, 3.8) is 0 Å². The lowest BCUT2D eigenvalue weighted by atomic mass is 9.80. The van der Waals surface area contributed by atoms with E-state index < -0.39 is 0 Å². The highest BCUT2D eigenvalue weighted by Crippen LogP contribution is 2.40. The lowest BCUT2D eigenvalue weighted by Gasteiger charge is -2.27. The van der Waals surface area contributed by atoms with Crippen LogP contribution in [-0.2, 0) is 10.2 Å². The maximum absolute atomic E-state index is 12.4. The second kappa shape index (κ2) is 9.62. The molecular formula is C26H31ClN6O2. The van der Waals surface area contributed by atoms with E-state index in [2.05, 4.69) is 40.5 Å². The number of anilines is 6. The predicted molar refractivity (Wildman–Crippen MR) is 143 cm³/mol. The van der Waals surface area contributed by atoms with Crippen LogP contribution in [0.2, 0.25) is 5.02 Å². The van der Waals surface area contributed by atoms with Crippen molar-refractivity contribution < 1.29 is 9.53 Å². The van der Waals surface area contributed by atoms with Gasteiger partial charge in [0.1, 0.15) is 10.8 Å². The standard InChI is InChI=1S/C26H31ClN6O2/c1-26(2)12-11-23(34)33(5)21-10-7-16(13-18(21)26)29-25-28-15-19(27)24(31-25)30-20-9-8-17(32(3)4)14-22(20)35-6/h7-10,13-15H,11-12H2,1-6H3,(H2,28,29,30,31). The molecule has 2 aromatic carbocycles. The number of fused-ring (bicyclic) bond motifs is 1. The van der Waals surface area contributed by atoms with Crippen LogP contribution in [0.5, 0.6) is 5.75 Å². The van der Waals surface area contributed by atoms with Crippen molar-refractivity contribution in [3.05, 3.63) is 53.2 Å². The van der Waals surface area contributed by atoms with Gasteiger partial charge in [0.05, 0.1) is 19.0 Å². The van der Waals surface area contributed by atoms with E-state index in [1.807, 2.05) is 56.4 Å². The molecule has 0 atom stereocenters. The molecule has 3 aromatic rings. The van der Waals surface area contributed by atoms with Crippen LogP contribution in [0.3, 0.4) is 0 Å². The molecule has 0 unspecified atom stereocenters. The van der Waals surface area contributed by atoms with E-state index in [1.165, 1.54) is 0 Å². The summed E-state index contributed by atoms with van der Waals surface area (Å²) in [5, 5.41) is 6.92. The lowest BCUT2D eigenvalue weighted by molar-refractivity contribution is -0.118. The summed E-state index contributed by atoms with van der Waals surface area (Å²) in [7, 11) is 7.40. The van der Waals surface area contributed by atoms with E-state index in [0.29, 0.717) is 29.0 Å². The van der Waals surface area contributed by atoms with Gasteiger partial charge in [0.25, 0.3) is 0 Å². The summed E-state index contributed by atoms with van der Waals surface area (Å²) < 4.78 is 5.55. The number of hydrogen-bond acceptors (Lipinski definition) is 7. The molecule has 9 heteroatoms. The Bertz CT molecular complexity index is 1260. The van der Waals surface area contributed by atoms with Gasteiger partial charge in [0.2, 0.25) is 11.9 Å². The highest BCUT2D eigenvalue weighted by atomic mass is 35.5. The zero-order chi connectivity index (χ0) is 25.3. The predicted octanol–water partition coefficient (Wildman–Crippen LogP) is 5.73. The van der Waals surface area contributed by atoms with E-state index in [1.54, 1.807) is 18.2 Å². The summed E-state index contributed by atoms with van der Waals surface area (Å²) in [6.07, 6.45) is 2.86. The van der Waals surface area contributed by atoms with Crippen LogP contribution in [-0.4, -0.2) is 44.1 Å². The fourth-order valence-electron chi connectivity index (χ4n) is 4.14. The Morgan fingerprint density at radius 2 is 1.91 bits per heavy atom. The lowest BCUT2D eigenvalue weighted by Crippen LogP contribution is -2.25. The van der Waals surface area contributed by atoms with Gasteiger partial charge in [-0.1, -0.05) is 25.4 Å². The molecule has 0 spiro atoms. The van der Waals surface area contributed by atoms with Crippen molar-refractivity contribution in [3.8, 4) is 5.75 Å². The number of methoxy groups -OCH3 is 1. The largest absolute Gasteiger partial charge is 0.494 e. The van der Waals surface area contributed by atoms with E-state index >= 15 is 0 Å². The maximum atomic E-state index is 12.4. The van der Waals surface area contributed by atoms with Crippen molar-refractivity contribution in [1.29, 1.82) is 0 Å². The van der Waals surface area contributed by atoms with Crippen LogP contribution in [0.15, 0.2) is 42.6 Å². The van der Waals surface area contributed by atoms with Crippen LogP contribution in [0.1, 0.15) is 32.3 Å². The molecule has 0 saturated heterocycles. The number of aromatic nitrogens is 2. The molecule has 1 aliphatic heterocycles. The van der Waals surface area contributed by atoms with E-state index in [4.69, 9.17) is 16.3 Å². The molecule has 0 radical (unpaired) electrons. The van der Waals surface area contributed by atoms with Gasteiger partial charge in [-0.2, -0.15) is 4.98 Å². The van der Waals surface area contributed by atoms with Crippen LogP contribution in [0.4, 0.5) is 34.5 Å². The second-order valence-corrected chi connectivity index (χ2v) is 9.89. The number of carbonyl (C=O) groups excluding carboxylic acids is 1. The van der Waals surface area contributed by atoms with Crippen molar-refractivity contribution >= 4 is 52.0 Å². The molecule has 0 aliphatic carbocycles. The van der Waals surface area contributed by atoms with Gasteiger partial charge in [0.15, 0.2) is 5.82 Å². The third-order valence-corrected chi connectivity index (χ3v) is 6.66. The molecule has 0 fully saturated rings. The monoisotopic (exact) mass is 494 g/mol. The van der Waals surface area contributed by atoms with E-state index in [-0.39, 0.29) is 11.3 Å². The van der Waals surface area contributed by atoms with Gasteiger partial charge in [-0.05, 0) is 47.7 Å². The van der Waals surface area contributed by atoms with Crippen LogP contribution < -0.4 is 25.2 Å². The number of hydrogen-bond donors (Lipinski definition) is 2. The number of nitrogens with one attached hydrogen (secondary N) is 2. The minimum atomic E-state index is -0.143. The minimum Gasteiger partial charge on any atom is -0.494 e. The summed E-state index contributed by atoms with van der Waals surface area (Å²) in [4.78, 5) is 25.1. The molecule has 0 bridgehead atoms. The number of amides is 1. The SMILES string of the molecule is COc1cc(N(C)C)ccc1Nc1nc(Nc2ccc3c(c2)C(C)(C)CCC(=O)N3C)ncc1Cl. The first kappa shape index (κ1) is 24.6. The fourth-order valence-corrected chi connectivity index (χ4v) is 4.28. The third kappa shape index (κ3) is 5.12. The summed E-state index contributed by atoms with van der Waals surface area (Å²) in [5.74, 6) is 1.66. The maximum Gasteiger partial charge on any atom is 0.229 e. The third-order valence-electron chi connectivity index (χ3n) is 6.38. The van der Waals surface area contributed by atoms with E-state index in [0.717, 1.165) is 34.7 Å². The molecule has 1 aliphatic rings. The van der Waals surface area contributed by atoms with Gasteiger partial charge in [0, 0.05) is 50.7 Å². The molecule has 4 rings (SSSR count). The normalized spacial score (nSPS) is 14.7. The molecule has 1 amide bonds. The summed E-state index contributed by atoms with van der Waals surface area (Å²) in [6.45, 7) is 4.33. The zero-order valence-corrected chi connectivity index (χ0v) is 21.7. The number of ether oxygens (including phenoxy) is 1. The fraction of sp³-hybridized carbons (Fsp3) is 0.346. The molecule has 2 N–H and O–H groups in total. The average Bonchev–Trinajstić information content (AvgIpc) is 2.91. The van der Waals surface area contributed by atoms with Gasteiger partial charge in [-0.3, -0.25) is 4.79 Å². The Morgan fingerprint density at radius 1 is 1.14 bits per heavy atom. The number of halogens is 1. The summed E-state index contributed by atoms with van der Waals surface area (Å²) in [6, 6.07) is 11.8. The van der Waals surface area contributed by atoms with Crippen molar-refractivity contribution in [2.24, 2.45) is 0 Å². The highest BCUT2D eigenvalue weighted by molar-refractivity contribution is 6.33. The molecular weight excluding hydrogens is 464 g/mol. The molecule has 1 aromatic heterocycles. The Morgan fingerprint density at radius 3 is 2.63 bits per heavy atom. The number of rotatable bonds is 6. The molecule has 0 saturated carbocycles. The second-order valence-electron chi connectivity index (χ2n) is 9.49. The smallest absolute Gasteiger partial charge is 0.229 e. The van der Waals surface area contributed by atoms with Crippen molar-refractivity contribution in [2.75, 3.05) is 48.7 Å². The summed E-state index contributed by atoms with van der Waals surface area (Å²) >= 11 is 6.40. The minimum absolute atomic E-state index is 0.128. The highest BCUT2D eigenvalue weighted by Gasteiger charge is 2.31. The molecule has 2 heterocycles. The number of nitrogens with zero attached hydrogens (tertiary/aromatic N) is 4. The Labute approximate surface area is 211 Å². The van der Waals surface area contributed by atoms with E-state index in [9.17, 15) is 4.79 Å². The Kier molecular flexibility index (Phi) is 6.76. The van der Waals surface area contributed by atoms with Gasteiger partial charge in [-0.25, -0.2) is 4.98 Å². The summed E-state index contributed by atoms with van der Waals surface area (Å²) in [5.41, 5.74) is 4.48. The molecule has 35 heavy (non-hydrogen) atoms. The van der Waals surface area contributed by atoms with Crippen LogP contribution in [0.25, 0.3) is 0 Å². The topological polar surface area (TPSA) is 82.6 Å². The Hall–Kier alpha value is -3.52. The first-order valence-electron chi connectivity index (χ1n) is 11.4. The van der Waals surface area contributed by atoms with Crippen molar-refractivity contribution in [1.82, 2.24) is 9.97 Å². The van der Waals surface area contributed by atoms with Crippen molar-refractivity contribution in [2.45, 2.75) is 32.1 Å². The molecule has 8 nitrogen and oxygen atoms in total. The average molecular weight is 495 g/mol.